The molecule has 2 aromatic carbocycles. The lowest BCUT2D eigenvalue weighted by Gasteiger charge is -2.23. The van der Waals surface area contributed by atoms with Crippen molar-refractivity contribution in [3.8, 4) is 17.2 Å². The Morgan fingerprint density at radius 2 is 2.00 bits per heavy atom. The second-order valence-electron chi connectivity index (χ2n) is 7.46. The SMILES string of the molecule is COc1ccc(C[C@@H]2CONC(c3nc(C)ncc3Oc3cccc(C(F)(F)F)c3)=N2)c(Cl)c1. The molecule has 34 heavy (non-hydrogen) atoms. The van der Waals surface area contributed by atoms with Crippen molar-refractivity contribution in [2.75, 3.05) is 13.7 Å². The molecular formula is C23H20ClF3N4O3. The average molecular weight is 493 g/mol. The average Bonchev–Trinajstić information content (AvgIpc) is 2.81. The maximum absolute atomic E-state index is 13.1. The Kier molecular flexibility index (Phi) is 6.90. The molecule has 1 aliphatic heterocycles. The lowest BCUT2D eigenvalue weighted by atomic mass is 10.1. The number of nitrogens with one attached hydrogen (secondary N) is 1. The molecule has 0 fully saturated rings. The summed E-state index contributed by atoms with van der Waals surface area (Å²) in [6.07, 6.45) is -2.63. The fraction of sp³-hybridized carbons (Fsp3) is 0.261. The molecule has 0 unspecified atom stereocenters. The van der Waals surface area contributed by atoms with E-state index in [2.05, 4.69) is 20.4 Å². The predicted octanol–water partition coefficient (Wildman–Crippen LogP) is 5.15. The molecule has 0 amide bonds. The van der Waals surface area contributed by atoms with Crippen molar-refractivity contribution in [3.63, 3.8) is 0 Å². The summed E-state index contributed by atoms with van der Waals surface area (Å²) >= 11 is 6.36. The van der Waals surface area contributed by atoms with Crippen LogP contribution in [-0.4, -0.2) is 35.6 Å². The van der Waals surface area contributed by atoms with Crippen LogP contribution in [0.5, 0.6) is 17.2 Å². The minimum absolute atomic E-state index is 0.0116. The van der Waals surface area contributed by atoms with Crippen molar-refractivity contribution >= 4 is 17.4 Å². The van der Waals surface area contributed by atoms with Crippen molar-refractivity contribution in [2.45, 2.75) is 25.6 Å². The van der Waals surface area contributed by atoms with E-state index < -0.39 is 11.7 Å². The third kappa shape index (κ3) is 5.57. The monoisotopic (exact) mass is 492 g/mol. The third-order valence-corrected chi connectivity index (χ3v) is 5.31. The highest BCUT2D eigenvalue weighted by atomic mass is 35.5. The van der Waals surface area contributed by atoms with E-state index in [0.29, 0.717) is 23.0 Å². The molecule has 1 atom stereocenters. The van der Waals surface area contributed by atoms with E-state index in [1.807, 2.05) is 12.1 Å². The minimum atomic E-state index is -4.50. The van der Waals surface area contributed by atoms with E-state index in [0.717, 1.165) is 17.7 Å². The van der Waals surface area contributed by atoms with Crippen LogP contribution in [0.2, 0.25) is 5.02 Å². The maximum Gasteiger partial charge on any atom is 0.416 e. The highest BCUT2D eigenvalue weighted by Gasteiger charge is 2.31. The van der Waals surface area contributed by atoms with Gasteiger partial charge in [-0.3, -0.25) is 9.83 Å². The second-order valence-corrected chi connectivity index (χ2v) is 7.87. The van der Waals surface area contributed by atoms with Gasteiger partial charge in [-0.1, -0.05) is 23.7 Å². The Morgan fingerprint density at radius 3 is 2.74 bits per heavy atom. The van der Waals surface area contributed by atoms with Crippen molar-refractivity contribution in [1.82, 2.24) is 15.4 Å². The third-order valence-electron chi connectivity index (χ3n) is 4.96. The molecule has 0 radical (unpaired) electrons. The smallest absolute Gasteiger partial charge is 0.416 e. The van der Waals surface area contributed by atoms with Crippen LogP contribution in [0.15, 0.2) is 53.7 Å². The quantitative estimate of drug-likeness (QED) is 0.512. The molecule has 7 nitrogen and oxygen atoms in total. The molecule has 1 aromatic heterocycles. The van der Waals surface area contributed by atoms with Gasteiger partial charge in [0.2, 0.25) is 0 Å². The highest BCUT2D eigenvalue weighted by molar-refractivity contribution is 6.31. The lowest BCUT2D eigenvalue weighted by molar-refractivity contribution is -0.137. The zero-order valence-electron chi connectivity index (χ0n) is 18.2. The highest BCUT2D eigenvalue weighted by Crippen LogP contribution is 2.33. The van der Waals surface area contributed by atoms with Crippen LogP contribution < -0.4 is 15.0 Å². The molecule has 0 saturated carbocycles. The van der Waals surface area contributed by atoms with Crippen molar-refractivity contribution in [2.24, 2.45) is 4.99 Å². The summed E-state index contributed by atoms with van der Waals surface area (Å²) in [4.78, 5) is 18.7. The number of amidine groups is 1. The number of aromatic nitrogens is 2. The van der Waals surface area contributed by atoms with E-state index in [1.165, 1.54) is 18.3 Å². The van der Waals surface area contributed by atoms with Gasteiger partial charge in [0.15, 0.2) is 17.3 Å². The standard InChI is InChI=1S/C23H20ClF3N4O3/c1-13-28-11-20(34-18-5-3-4-15(9-18)23(25,26)27)21(29-13)22-30-16(12-33-31-22)8-14-6-7-17(32-2)10-19(14)24/h3-7,9-11,16H,8,12H2,1-2H3,(H,30,31)/t16-/m1/s1. The first kappa shape index (κ1) is 23.8. The molecule has 0 bridgehead atoms. The van der Waals surface area contributed by atoms with Gasteiger partial charge in [-0.2, -0.15) is 13.2 Å². The molecular weight excluding hydrogens is 473 g/mol. The van der Waals surface area contributed by atoms with Crippen molar-refractivity contribution in [1.29, 1.82) is 0 Å². The van der Waals surface area contributed by atoms with E-state index in [9.17, 15) is 13.2 Å². The van der Waals surface area contributed by atoms with Gasteiger partial charge >= 0.3 is 6.18 Å². The molecule has 0 saturated heterocycles. The fourth-order valence-electron chi connectivity index (χ4n) is 3.31. The van der Waals surface area contributed by atoms with Gasteiger partial charge in [0.1, 0.15) is 17.3 Å². The van der Waals surface area contributed by atoms with Crippen molar-refractivity contribution in [3.05, 3.63) is 76.3 Å². The van der Waals surface area contributed by atoms with Gasteiger partial charge in [0.05, 0.1) is 31.5 Å². The predicted molar refractivity (Wildman–Crippen MR) is 119 cm³/mol. The largest absolute Gasteiger partial charge is 0.497 e. The summed E-state index contributed by atoms with van der Waals surface area (Å²) in [6, 6.07) is 9.65. The van der Waals surface area contributed by atoms with Gasteiger partial charge < -0.3 is 9.47 Å². The number of hydrogen-bond donors (Lipinski definition) is 1. The number of nitrogens with zero attached hydrogens (tertiary/aromatic N) is 3. The van der Waals surface area contributed by atoms with Gasteiger partial charge in [-0.25, -0.2) is 15.4 Å². The summed E-state index contributed by atoms with van der Waals surface area (Å²) in [5.74, 6) is 1.46. The second kappa shape index (κ2) is 9.86. The zero-order chi connectivity index (χ0) is 24.3. The van der Waals surface area contributed by atoms with Crippen LogP contribution in [0.3, 0.4) is 0 Å². The number of aryl methyl sites for hydroxylation is 1. The summed E-state index contributed by atoms with van der Waals surface area (Å²) in [5, 5.41) is 0.543. The zero-order valence-corrected chi connectivity index (χ0v) is 18.9. The summed E-state index contributed by atoms with van der Waals surface area (Å²) in [6.45, 7) is 1.95. The number of halogens is 4. The van der Waals surface area contributed by atoms with Gasteiger partial charge in [0, 0.05) is 5.02 Å². The normalized spacial score (nSPS) is 15.9. The number of alkyl halides is 3. The Labute approximate surface area is 198 Å². The fourth-order valence-corrected chi connectivity index (χ4v) is 3.55. The van der Waals surface area contributed by atoms with Crippen LogP contribution in [0.25, 0.3) is 0 Å². The Hall–Kier alpha value is -3.37. The number of methoxy groups -OCH3 is 1. The molecule has 2 heterocycles. The van der Waals surface area contributed by atoms with Crippen LogP contribution in [-0.2, 0) is 17.4 Å². The first-order valence-corrected chi connectivity index (χ1v) is 10.6. The molecule has 4 rings (SSSR count). The lowest BCUT2D eigenvalue weighted by Crippen LogP contribution is -2.37. The van der Waals surface area contributed by atoms with Crippen LogP contribution in [0.4, 0.5) is 13.2 Å². The van der Waals surface area contributed by atoms with Crippen LogP contribution in [0.1, 0.15) is 22.6 Å². The van der Waals surface area contributed by atoms with E-state index >= 15 is 0 Å². The topological polar surface area (TPSA) is 77.9 Å². The van der Waals surface area contributed by atoms with Gasteiger partial charge in [-0.15, -0.1) is 0 Å². The maximum atomic E-state index is 13.1. The number of hydroxylamine groups is 1. The number of benzene rings is 2. The Balaban J connectivity index is 1.61. The van der Waals surface area contributed by atoms with Gasteiger partial charge in [0.25, 0.3) is 0 Å². The first-order chi connectivity index (χ1) is 16.2. The Bertz CT molecular complexity index is 1220. The first-order valence-electron chi connectivity index (χ1n) is 10.2. The summed E-state index contributed by atoms with van der Waals surface area (Å²) in [7, 11) is 1.56. The molecule has 178 valence electrons. The molecule has 1 N–H and O–H groups in total. The number of hydrogen-bond acceptors (Lipinski definition) is 7. The van der Waals surface area contributed by atoms with Crippen LogP contribution in [0, 0.1) is 6.92 Å². The number of aliphatic imine (C=N–C) groups is 1. The minimum Gasteiger partial charge on any atom is -0.497 e. The Morgan fingerprint density at radius 1 is 1.18 bits per heavy atom. The van der Waals surface area contributed by atoms with Gasteiger partial charge in [-0.05, 0) is 49.2 Å². The summed E-state index contributed by atoms with van der Waals surface area (Å²) < 4.78 is 50.1. The molecule has 3 aromatic rings. The van der Waals surface area contributed by atoms with E-state index in [-0.39, 0.29) is 35.7 Å². The van der Waals surface area contributed by atoms with E-state index in [1.54, 1.807) is 20.1 Å². The molecule has 0 aliphatic carbocycles. The number of rotatable bonds is 6. The molecule has 1 aliphatic rings. The number of ether oxygens (including phenoxy) is 2. The van der Waals surface area contributed by atoms with Crippen molar-refractivity contribution < 1.29 is 27.5 Å². The molecule has 11 heteroatoms. The van der Waals surface area contributed by atoms with Crippen LogP contribution >= 0.6 is 11.6 Å². The molecule has 0 spiro atoms. The summed E-state index contributed by atoms with van der Waals surface area (Å²) in [5.41, 5.74) is 3.01. The van der Waals surface area contributed by atoms with E-state index in [4.69, 9.17) is 25.9 Å².